The second-order valence-electron chi connectivity index (χ2n) is 13.1. The molecule has 15 heteroatoms. The summed E-state index contributed by atoms with van der Waals surface area (Å²) in [5.74, 6) is -9.04. The summed E-state index contributed by atoms with van der Waals surface area (Å²) in [5, 5.41) is 0. The molecule has 0 unspecified atom stereocenters. The lowest BCUT2D eigenvalue weighted by atomic mass is 9.50. The minimum absolute atomic E-state index is 0.774. The molecular formula is C28H32O15. The number of rotatable bonds is 4. The Morgan fingerprint density at radius 3 is 1.91 bits per heavy atom. The van der Waals surface area contributed by atoms with E-state index in [1.54, 1.807) is 20.8 Å². The lowest BCUT2D eigenvalue weighted by Crippen LogP contribution is -2.68. The van der Waals surface area contributed by atoms with E-state index in [-0.39, 0.29) is 0 Å². The van der Waals surface area contributed by atoms with Gasteiger partial charge in [0.2, 0.25) is 23.6 Å². The maximum Gasteiger partial charge on any atom is 0.350 e. The largest absolute Gasteiger partial charge is 0.458 e. The summed E-state index contributed by atoms with van der Waals surface area (Å²) in [6.07, 6.45) is -9.77. The average molecular weight is 609 g/mol. The average Bonchev–Trinajstić information content (AvgIpc) is 3.55. The molecule has 2 spiro atoms. The van der Waals surface area contributed by atoms with Gasteiger partial charge in [0.05, 0.1) is 0 Å². The van der Waals surface area contributed by atoms with Crippen molar-refractivity contribution < 1.29 is 71.5 Å². The van der Waals surface area contributed by atoms with Gasteiger partial charge in [-0.15, -0.1) is 0 Å². The molecule has 0 radical (unpaired) electrons. The maximum atomic E-state index is 14.4. The Morgan fingerprint density at radius 2 is 1.37 bits per heavy atom. The van der Waals surface area contributed by atoms with E-state index in [9.17, 15) is 33.6 Å². The summed E-state index contributed by atoms with van der Waals surface area (Å²) in [6.45, 7) is 10.9. The Labute approximate surface area is 245 Å². The number of ether oxygens (including phenoxy) is 8. The summed E-state index contributed by atoms with van der Waals surface area (Å²) in [7, 11) is 0. The van der Waals surface area contributed by atoms with Crippen LogP contribution in [-0.2, 0) is 71.5 Å². The van der Waals surface area contributed by atoms with Crippen LogP contribution in [0.3, 0.4) is 0 Å². The van der Waals surface area contributed by atoms with Crippen LogP contribution in [0.15, 0.2) is 0 Å². The van der Waals surface area contributed by atoms with Gasteiger partial charge in [0.25, 0.3) is 0 Å². The molecule has 12 atom stereocenters. The minimum atomic E-state index is -2.53. The molecule has 4 heterocycles. The van der Waals surface area contributed by atoms with Gasteiger partial charge in [-0.05, 0) is 12.3 Å². The van der Waals surface area contributed by atoms with E-state index in [0.717, 1.165) is 27.7 Å². The van der Waals surface area contributed by atoms with E-state index in [4.69, 9.17) is 37.9 Å². The van der Waals surface area contributed by atoms with Gasteiger partial charge in [-0.2, -0.15) is 0 Å². The molecule has 15 nitrogen and oxygen atoms in total. The minimum Gasteiger partial charge on any atom is -0.458 e. The standard InChI is InChI=1S/C28H32O15/c1-9-20(33)39-18-17(37-11(3)30)26-16-14(36-10(2)29)15(24(6,7)8)25(26)19(38-12(4)31)21(34)41-23(25)43-28(26,22(35)40-16)27(9,18)42-13(5)32/h9,14-19,23H,1-8H3/t9-,14-,15+,16-,17-,18+,19+,23+,25+,26-,27-,28-/m1/s1. The van der Waals surface area contributed by atoms with Gasteiger partial charge >= 0.3 is 41.8 Å². The Hall–Kier alpha value is -3.75. The molecule has 43 heavy (non-hydrogen) atoms. The summed E-state index contributed by atoms with van der Waals surface area (Å²) >= 11 is 0. The molecule has 4 aliphatic heterocycles. The molecule has 0 bridgehead atoms. The van der Waals surface area contributed by atoms with Crippen LogP contribution in [0, 0.1) is 28.1 Å². The zero-order chi connectivity index (χ0) is 31.8. The summed E-state index contributed by atoms with van der Waals surface area (Å²) in [5.41, 5.74) is -9.92. The maximum absolute atomic E-state index is 14.4. The molecule has 0 aromatic carbocycles. The number of hydrogen-bond donors (Lipinski definition) is 0. The highest BCUT2D eigenvalue weighted by atomic mass is 16.8. The lowest BCUT2D eigenvalue weighted by molar-refractivity contribution is -0.248. The van der Waals surface area contributed by atoms with Crippen LogP contribution in [0.25, 0.3) is 0 Å². The molecule has 0 N–H and O–H groups in total. The number of hydrogen-bond acceptors (Lipinski definition) is 15. The van der Waals surface area contributed by atoms with Crippen LogP contribution in [0.5, 0.6) is 0 Å². The second-order valence-corrected chi connectivity index (χ2v) is 13.1. The van der Waals surface area contributed by atoms with Gasteiger partial charge < -0.3 is 37.9 Å². The van der Waals surface area contributed by atoms with Crippen LogP contribution >= 0.6 is 0 Å². The highest BCUT2D eigenvalue weighted by Crippen LogP contribution is 2.86. The molecule has 0 amide bonds. The Morgan fingerprint density at radius 1 is 0.767 bits per heavy atom. The fourth-order valence-electron chi connectivity index (χ4n) is 9.56. The van der Waals surface area contributed by atoms with Gasteiger partial charge in [-0.3, -0.25) is 24.0 Å². The predicted octanol–water partition coefficient (Wildman–Crippen LogP) is -0.115. The topological polar surface area (TPSA) is 193 Å². The van der Waals surface area contributed by atoms with Crippen molar-refractivity contribution in [3.05, 3.63) is 0 Å². The summed E-state index contributed by atoms with van der Waals surface area (Å²) in [4.78, 5) is 92.0. The van der Waals surface area contributed by atoms with Gasteiger partial charge in [0, 0.05) is 33.6 Å². The van der Waals surface area contributed by atoms with Gasteiger partial charge in [0.15, 0.2) is 18.3 Å². The molecule has 4 saturated heterocycles. The van der Waals surface area contributed by atoms with Crippen molar-refractivity contribution >= 4 is 41.8 Å². The zero-order valence-corrected chi connectivity index (χ0v) is 24.7. The van der Waals surface area contributed by atoms with Crippen molar-refractivity contribution in [1.82, 2.24) is 0 Å². The van der Waals surface area contributed by atoms with Crippen molar-refractivity contribution in [1.29, 1.82) is 0 Å². The third kappa shape index (κ3) is 2.92. The number of fused-ring (bicyclic) bond motifs is 1. The van der Waals surface area contributed by atoms with E-state index in [2.05, 4.69) is 0 Å². The van der Waals surface area contributed by atoms with Crippen molar-refractivity contribution in [3.63, 3.8) is 0 Å². The van der Waals surface area contributed by atoms with Crippen molar-refractivity contribution in [2.45, 2.75) is 103 Å². The first-order valence-electron chi connectivity index (χ1n) is 13.9. The molecular weight excluding hydrogens is 576 g/mol. The van der Waals surface area contributed by atoms with E-state index in [1.165, 1.54) is 6.92 Å². The normalized spacial score (nSPS) is 46.6. The monoisotopic (exact) mass is 608 g/mol. The fraction of sp³-hybridized carbons (Fsp3) is 0.750. The predicted molar refractivity (Wildman–Crippen MR) is 132 cm³/mol. The van der Waals surface area contributed by atoms with Crippen LogP contribution in [-0.4, -0.2) is 89.8 Å². The first kappa shape index (κ1) is 29.3. The fourth-order valence-corrected chi connectivity index (χ4v) is 9.56. The first-order valence-corrected chi connectivity index (χ1v) is 13.9. The number of carbonyl (C=O) groups is 7. The Kier molecular flexibility index (Phi) is 5.76. The quantitative estimate of drug-likeness (QED) is 0.303. The van der Waals surface area contributed by atoms with Crippen LogP contribution in [0.4, 0.5) is 0 Å². The first-order chi connectivity index (χ1) is 19.9. The summed E-state index contributed by atoms with van der Waals surface area (Å²) < 4.78 is 47.3. The molecule has 2 aliphatic carbocycles. The van der Waals surface area contributed by atoms with Crippen molar-refractivity contribution in [2.75, 3.05) is 0 Å². The SMILES string of the molecule is CC(=O)O[C@H]1[C@H]2OC(=O)[C@@]34O[C@@H]5OC(=O)[C@H](OC(C)=O)[C@]5([C@@H]1C(C)(C)C)[C@]23[C@H](OC(C)=O)[C@@H]1OC(=O)[C@@H](C)[C@@]14OC(C)=O. The molecule has 0 aromatic rings. The van der Waals surface area contributed by atoms with Crippen LogP contribution in [0.1, 0.15) is 55.4 Å². The lowest BCUT2D eigenvalue weighted by Gasteiger charge is -2.48. The highest BCUT2D eigenvalue weighted by molar-refractivity contribution is 5.96. The van der Waals surface area contributed by atoms with Crippen LogP contribution < -0.4 is 0 Å². The van der Waals surface area contributed by atoms with E-state index in [0.29, 0.717) is 0 Å². The zero-order valence-electron chi connectivity index (χ0n) is 24.7. The van der Waals surface area contributed by atoms with Gasteiger partial charge in [-0.25, -0.2) is 9.59 Å². The highest BCUT2D eigenvalue weighted by Gasteiger charge is 3.07. The second kappa shape index (κ2) is 8.45. The molecule has 2 saturated carbocycles. The van der Waals surface area contributed by atoms with Gasteiger partial charge in [-0.1, -0.05) is 20.8 Å². The molecule has 0 aromatic heterocycles. The summed E-state index contributed by atoms with van der Waals surface area (Å²) in [6, 6.07) is 0. The van der Waals surface area contributed by atoms with Crippen molar-refractivity contribution in [3.8, 4) is 0 Å². The Balaban J connectivity index is 1.81. The Bertz CT molecular complexity index is 1400. The third-order valence-electron chi connectivity index (χ3n) is 10.0. The molecule has 6 rings (SSSR count). The van der Waals surface area contributed by atoms with E-state index < -0.39 is 118 Å². The number of carbonyl (C=O) groups excluding carboxylic acids is 7. The van der Waals surface area contributed by atoms with Gasteiger partial charge in [0.1, 0.15) is 22.9 Å². The molecule has 6 aliphatic rings. The third-order valence-corrected chi connectivity index (χ3v) is 10.0. The molecule has 234 valence electrons. The smallest absolute Gasteiger partial charge is 0.350 e. The number of esters is 7. The van der Waals surface area contributed by atoms with Crippen LogP contribution in [0.2, 0.25) is 0 Å². The van der Waals surface area contributed by atoms with E-state index >= 15 is 0 Å². The van der Waals surface area contributed by atoms with Crippen molar-refractivity contribution in [2.24, 2.45) is 28.1 Å². The molecule has 6 fully saturated rings. The van der Waals surface area contributed by atoms with E-state index in [1.807, 2.05) is 0 Å².